The number of hydrogen-bond acceptors (Lipinski definition) is 2. The van der Waals surface area contributed by atoms with Crippen LogP contribution in [0.1, 0.15) is 37.3 Å². The SMILES string of the molecule is C=CCCCOCc1ccccc1CNCCC. The molecule has 0 unspecified atom stereocenters. The fourth-order valence-electron chi connectivity index (χ4n) is 1.78. The number of rotatable bonds is 10. The maximum absolute atomic E-state index is 5.69. The molecule has 2 nitrogen and oxygen atoms in total. The van der Waals surface area contributed by atoms with Crippen LogP contribution in [0.15, 0.2) is 36.9 Å². The van der Waals surface area contributed by atoms with Crippen molar-refractivity contribution in [2.45, 2.75) is 39.3 Å². The van der Waals surface area contributed by atoms with Gasteiger partial charge in [-0.3, -0.25) is 0 Å². The summed E-state index contributed by atoms with van der Waals surface area (Å²) < 4.78 is 5.69. The van der Waals surface area contributed by atoms with Gasteiger partial charge in [-0.05, 0) is 36.9 Å². The summed E-state index contributed by atoms with van der Waals surface area (Å²) in [5.74, 6) is 0. The lowest BCUT2D eigenvalue weighted by molar-refractivity contribution is 0.118. The molecule has 0 saturated carbocycles. The zero-order valence-electron chi connectivity index (χ0n) is 11.5. The average Bonchev–Trinajstić information content (AvgIpc) is 2.40. The minimum atomic E-state index is 0.709. The quantitative estimate of drug-likeness (QED) is 0.503. The highest BCUT2D eigenvalue weighted by atomic mass is 16.5. The second-order valence-electron chi connectivity index (χ2n) is 4.43. The molecule has 0 aliphatic heterocycles. The maximum atomic E-state index is 5.69. The van der Waals surface area contributed by atoms with Gasteiger partial charge >= 0.3 is 0 Å². The van der Waals surface area contributed by atoms with Crippen molar-refractivity contribution >= 4 is 0 Å². The number of hydrogen-bond donors (Lipinski definition) is 1. The second kappa shape index (κ2) is 9.86. The van der Waals surface area contributed by atoms with E-state index in [2.05, 4.69) is 43.1 Å². The summed E-state index contributed by atoms with van der Waals surface area (Å²) in [6, 6.07) is 8.48. The molecule has 0 aliphatic carbocycles. The molecule has 0 heterocycles. The van der Waals surface area contributed by atoms with Gasteiger partial charge in [-0.2, -0.15) is 0 Å². The van der Waals surface area contributed by atoms with Gasteiger partial charge in [-0.1, -0.05) is 37.3 Å². The van der Waals surface area contributed by atoms with Crippen LogP contribution in [0.5, 0.6) is 0 Å². The molecular weight excluding hydrogens is 222 g/mol. The van der Waals surface area contributed by atoms with Gasteiger partial charge in [0.15, 0.2) is 0 Å². The summed E-state index contributed by atoms with van der Waals surface area (Å²) in [5.41, 5.74) is 2.63. The van der Waals surface area contributed by atoms with Crippen LogP contribution in [-0.4, -0.2) is 13.2 Å². The molecule has 0 aromatic heterocycles. The fraction of sp³-hybridized carbons (Fsp3) is 0.500. The molecule has 1 N–H and O–H groups in total. The molecule has 0 saturated heterocycles. The predicted molar refractivity (Wildman–Crippen MR) is 77.5 cm³/mol. The van der Waals surface area contributed by atoms with Gasteiger partial charge in [0.05, 0.1) is 6.61 Å². The van der Waals surface area contributed by atoms with Crippen molar-refractivity contribution in [2.24, 2.45) is 0 Å². The van der Waals surface area contributed by atoms with Crippen molar-refractivity contribution in [1.29, 1.82) is 0 Å². The topological polar surface area (TPSA) is 21.3 Å². The van der Waals surface area contributed by atoms with Crippen molar-refractivity contribution in [3.05, 3.63) is 48.0 Å². The van der Waals surface area contributed by atoms with E-state index in [4.69, 9.17) is 4.74 Å². The second-order valence-corrected chi connectivity index (χ2v) is 4.43. The maximum Gasteiger partial charge on any atom is 0.0720 e. The molecule has 1 aromatic rings. The molecule has 100 valence electrons. The first-order chi connectivity index (χ1) is 8.88. The molecule has 0 fully saturated rings. The van der Waals surface area contributed by atoms with Crippen LogP contribution in [0.25, 0.3) is 0 Å². The van der Waals surface area contributed by atoms with Gasteiger partial charge in [0.1, 0.15) is 0 Å². The molecule has 0 amide bonds. The lowest BCUT2D eigenvalue weighted by Crippen LogP contribution is -2.15. The van der Waals surface area contributed by atoms with Crippen LogP contribution < -0.4 is 5.32 Å². The van der Waals surface area contributed by atoms with E-state index in [9.17, 15) is 0 Å². The van der Waals surface area contributed by atoms with Crippen LogP contribution in [0, 0.1) is 0 Å². The van der Waals surface area contributed by atoms with E-state index in [1.807, 2.05) is 6.08 Å². The molecule has 0 aliphatic rings. The van der Waals surface area contributed by atoms with E-state index in [1.54, 1.807) is 0 Å². The van der Waals surface area contributed by atoms with Crippen LogP contribution >= 0.6 is 0 Å². The number of unbranched alkanes of at least 4 members (excludes halogenated alkanes) is 1. The Labute approximate surface area is 111 Å². The van der Waals surface area contributed by atoms with Crippen LogP contribution in [0.3, 0.4) is 0 Å². The standard InChI is InChI=1S/C16H25NO/c1-3-5-8-12-18-14-16-10-7-6-9-15(16)13-17-11-4-2/h3,6-7,9-10,17H,1,4-5,8,11-14H2,2H3. The van der Waals surface area contributed by atoms with E-state index < -0.39 is 0 Å². The zero-order valence-corrected chi connectivity index (χ0v) is 11.5. The lowest BCUT2D eigenvalue weighted by Gasteiger charge is -2.10. The number of nitrogens with one attached hydrogen (secondary N) is 1. The minimum absolute atomic E-state index is 0.709. The van der Waals surface area contributed by atoms with Crippen LogP contribution in [0.2, 0.25) is 0 Å². The number of benzene rings is 1. The summed E-state index contributed by atoms with van der Waals surface area (Å²) in [6.45, 7) is 9.40. The summed E-state index contributed by atoms with van der Waals surface area (Å²) in [4.78, 5) is 0. The van der Waals surface area contributed by atoms with Crippen LogP contribution in [0.4, 0.5) is 0 Å². The predicted octanol–water partition coefficient (Wildman–Crippen LogP) is 3.67. The van der Waals surface area contributed by atoms with E-state index in [1.165, 1.54) is 17.5 Å². The van der Waals surface area contributed by atoms with Gasteiger partial charge in [-0.15, -0.1) is 6.58 Å². The summed E-state index contributed by atoms with van der Waals surface area (Å²) in [6.07, 6.45) is 5.19. The molecule has 1 aromatic carbocycles. The van der Waals surface area contributed by atoms with E-state index in [0.717, 1.165) is 32.5 Å². The van der Waals surface area contributed by atoms with Crippen LogP contribution in [-0.2, 0) is 17.9 Å². The van der Waals surface area contributed by atoms with Gasteiger partial charge in [0.2, 0.25) is 0 Å². The normalized spacial score (nSPS) is 10.5. The lowest BCUT2D eigenvalue weighted by atomic mass is 10.1. The Hall–Kier alpha value is -1.12. The minimum Gasteiger partial charge on any atom is -0.377 e. The van der Waals surface area contributed by atoms with E-state index in [0.29, 0.717) is 6.61 Å². The summed E-state index contributed by atoms with van der Waals surface area (Å²) in [5, 5.41) is 3.43. The van der Waals surface area contributed by atoms with Gasteiger partial charge < -0.3 is 10.1 Å². The summed E-state index contributed by atoms with van der Waals surface area (Å²) >= 11 is 0. The Balaban J connectivity index is 2.36. The highest BCUT2D eigenvalue weighted by Crippen LogP contribution is 2.10. The van der Waals surface area contributed by atoms with E-state index in [-0.39, 0.29) is 0 Å². The van der Waals surface area contributed by atoms with Crippen molar-refractivity contribution in [3.8, 4) is 0 Å². The number of allylic oxidation sites excluding steroid dienone is 1. The average molecular weight is 247 g/mol. The van der Waals surface area contributed by atoms with Crippen molar-refractivity contribution in [2.75, 3.05) is 13.2 Å². The van der Waals surface area contributed by atoms with Gasteiger partial charge in [0, 0.05) is 13.2 Å². The zero-order chi connectivity index (χ0) is 13.1. The molecule has 2 heteroatoms. The Morgan fingerprint density at radius 3 is 2.78 bits per heavy atom. The molecule has 1 rings (SSSR count). The Kier molecular flexibility index (Phi) is 8.19. The molecular formula is C16H25NO. The smallest absolute Gasteiger partial charge is 0.0720 e. The molecule has 0 bridgehead atoms. The Bertz CT molecular complexity index is 336. The summed E-state index contributed by atoms with van der Waals surface area (Å²) in [7, 11) is 0. The van der Waals surface area contributed by atoms with Crippen molar-refractivity contribution in [1.82, 2.24) is 5.32 Å². The van der Waals surface area contributed by atoms with Crippen molar-refractivity contribution in [3.63, 3.8) is 0 Å². The first kappa shape index (κ1) is 14.9. The van der Waals surface area contributed by atoms with Gasteiger partial charge in [0.25, 0.3) is 0 Å². The van der Waals surface area contributed by atoms with Gasteiger partial charge in [-0.25, -0.2) is 0 Å². The third-order valence-corrected chi connectivity index (χ3v) is 2.82. The molecule has 0 atom stereocenters. The van der Waals surface area contributed by atoms with E-state index >= 15 is 0 Å². The fourth-order valence-corrected chi connectivity index (χ4v) is 1.78. The molecule has 18 heavy (non-hydrogen) atoms. The monoisotopic (exact) mass is 247 g/mol. The molecule has 0 radical (unpaired) electrons. The first-order valence-electron chi connectivity index (χ1n) is 6.84. The molecule has 0 spiro atoms. The highest BCUT2D eigenvalue weighted by Gasteiger charge is 2.01. The highest BCUT2D eigenvalue weighted by molar-refractivity contribution is 5.26. The largest absolute Gasteiger partial charge is 0.377 e. The first-order valence-corrected chi connectivity index (χ1v) is 6.84. The third kappa shape index (κ3) is 5.99. The van der Waals surface area contributed by atoms with Crippen molar-refractivity contribution < 1.29 is 4.74 Å². The third-order valence-electron chi connectivity index (χ3n) is 2.82. The Morgan fingerprint density at radius 2 is 2.06 bits per heavy atom. The number of ether oxygens (including phenoxy) is 1. The Morgan fingerprint density at radius 1 is 1.28 bits per heavy atom.